The van der Waals surface area contributed by atoms with Crippen molar-refractivity contribution in [2.45, 2.75) is 38.3 Å². The second-order valence-corrected chi connectivity index (χ2v) is 11.7. The summed E-state index contributed by atoms with van der Waals surface area (Å²) in [5.41, 5.74) is 1.86. The minimum Gasteiger partial charge on any atom is -0.355 e. The summed E-state index contributed by atoms with van der Waals surface area (Å²) in [6, 6.07) is 19.3. The van der Waals surface area contributed by atoms with Crippen molar-refractivity contribution in [2.24, 2.45) is 0 Å². The molecule has 37 heavy (non-hydrogen) atoms. The molecule has 1 atom stereocenters. The Hall–Kier alpha value is -2.88. The Morgan fingerprint density at radius 3 is 2.22 bits per heavy atom. The van der Waals surface area contributed by atoms with Crippen LogP contribution in [0.25, 0.3) is 0 Å². The summed E-state index contributed by atoms with van der Waals surface area (Å²) in [5, 5.41) is 2.92. The van der Waals surface area contributed by atoms with Crippen LogP contribution in [0.5, 0.6) is 0 Å². The van der Waals surface area contributed by atoms with Crippen molar-refractivity contribution in [3.63, 3.8) is 0 Å². The van der Waals surface area contributed by atoms with Gasteiger partial charge in [-0.2, -0.15) is 0 Å². The molecule has 0 saturated carbocycles. The van der Waals surface area contributed by atoms with Crippen LogP contribution in [0.1, 0.15) is 25.0 Å². The minimum atomic E-state index is -4.16. The van der Waals surface area contributed by atoms with Gasteiger partial charge < -0.3 is 10.2 Å². The van der Waals surface area contributed by atoms with Gasteiger partial charge in [0, 0.05) is 17.6 Å². The number of benzene rings is 3. The fourth-order valence-corrected chi connectivity index (χ4v) is 5.68. The summed E-state index contributed by atoms with van der Waals surface area (Å²) in [5.74, 6) is -0.879. The number of amides is 2. The summed E-state index contributed by atoms with van der Waals surface area (Å²) >= 11 is 9.80. The van der Waals surface area contributed by atoms with E-state index >= 15 is 0 Å². The number of nitrogens with zero attached hydrogens (tertiary/aromatic N) is 2. The first-order valence-electron chi connectivity index (χ1n) is 11.7. The first-order valence-corrected chi connectivity index (χ1v) is 14.3. The molecule has 0 aliphatic rings. The van der Waals surface area contributed by atoms with Gasteiger partial charge in [0.2, 0.25) is 11.8 Å². The Morgan fingerprint density at radius 1 is 1.00 bits per heavy atom. The van der Waals surface area contributed by atoms with E-state index in [1.165, 1.54) is 17.0 Å². The number of para-hydroxylation sites is 1. The Kier molecular flexibility index (Phi) is 9.75. The monoisotopic (exact) mass is 605 g/mol. The van der Waals surface area contributed by atoms with Crippen LogP contribution in [0, 0.1) is 6.92 Å². The molecule has 3 aromatic carbocycles. The van der Waals surface area contributed by atoms with Crippen LogP contribution in [-0.4, -0.2) is 44.3 Å². The fourth-order valence-electron chi connectivity index (χ4n) is 3.70. The molecule has 3 aromatic rings. The van der Waals surface area contributed by atoms with Gasteiger partial charge in [0.05, 0.1) is 15.6 Å². The molecule has 7 nitrogen and oxygen atoms in total. The number of halogens is 2. The molecule has 0 saturated heterocycles. The first kappa shape index (κ1) is 28.7. The van der Waals surface area contributed by atoms with E-state index in [4.69, 9.17) is 11.6 Å². The number of sulfonamides is 1. The standard InChI is InChI=1S/C27H29BrClN3O4S/c1-4-30-27(34)20(3)31(17-21-11-13-22(28)14-12-21)26(33)18-32(25-8-6-5-7-24(25)29)37(35,36)23-15-9-19(2)10-16-23/h5-16,20H,4,17-18H2,1-3H3,(H,30,34)/t20-/m1/s1. The van der Waals surface area contributed by atoms with Crippen molar-refractivity contribution in [3.8, 4) is 0 Å². The molecule has 0 fully saturated rings. The Balaban J connectivity index is 2.03. The average Bonchev–Trinajstić information content (AvgIpc) is 2.87. The van der Waals surface area contributed by atoms with E-state index in [1.807, 2.05) is 31.2 Å². The molecule has 196 valence electrons. The molecule has 0 aliphatic carbocycles. The summed E-state index contributed by atoms with van der Waals surface area (Å²) in [7, 11) is -4.16. The zero-order chi connectivity index (χ0) is 27.2. The lowest BCUT2D eigenvalue weighted by Crippen LogP contribution is -2.51. The maximum atomic E-state index is 13.8. The van der Waals surface area contributed by atoms with Gasteiger partial charge in [0.15, 0.2) is 0 Å². The van der Waals surface area contributed by atoms with Gasteiger partial charge in [0.25, 0.3) is 10.0 Å². The van der Waals surface area contributed by atoms with Gasteiger partial charge in [-0.25, -0.2) is 8.42 Å². The summed E-state index contributed by atoms with van der Waals surface area (Å²) in [6.45, 7) is 5.24. The third kappa shape index (κ3) is 7.12. The molecule has 0 aromatic heterocycles. The van der Waals surface area contributed by atoms with E-state index in [2.05, 4.69) is 21.2 Å². The summed E-state index contributed by atoms with van der Waals surface area (Å²) in [6.07, 6.45) is 0. The van der Waals surface area contributed by atoms with Crippen LogP contribution in [0.4, 0.5) is 5.69 Å². The molecule has 0 unspecified atom stereocenters. The van der Waals surface area contributed by atoms with Crippen LogP contribution in [0.2, 0.25) is 5.02 Å². The SMILES string of the molecule is CCNC(=O)[C@@H](C)N(Cc1ccc(Br)cc1)C(=O)CN(c1ccccc1Cl)S(=O)(=O)c1ccc(C)cc1. The van der Waals surface area contributed by atoms with Gasteiger partial charge in [-0.1, -0.05) is 69.5 Å². The third-order valence-corrected chi connectivity index (χ3v) is 8.42. The zero-order valence-electron chi connectivity index (χ0n) is 20.8. The number of likely N-dealkylation sites (N-methyl/N-ethyl adjacent to an activating group) is 1. The van der Waals surface area contributed by atoms with Gasteiger partial charge in [-0.05, 0) is 62.7 Å². The second-order valence-electron chi connectivity index (χ2n) is 8.49. The van der Waals surface area contributed by atoms with Crippen LogP contribution >= 0.6 is 27.5 Å². The molecule has 2 amide bonds. The van der Waals surface area contributed by atoms with Crippen molar-refractivity contribution < 1.29 is 18.0 Å². The number of anilines is 1. The van der Waals surface area contributed by atoms with E-state index in [0.717, 1.165) is 19.9 Å². The molecule has 0 radical (unpaired) electrons. The largest absolute Gasteiger partial charge is 0.355 e. The second kappa shape index (κ2) is 12.6. The summed E-state index contributed by atoms with van der Waals surface area (Å²) in [4.78, 5) is 27.9. The summed E-state index contributed by atoms with van der Waals surface area (Å²) < 4.78 is 29.4. The van der Waals surface area contributed by atoms with Gasteiger partial charge >= 0.3 is 0 Å². The van der Waals surface area contributed by atoms with Crippen LogP contribution in [0.3, 0.4) is 0 Å². The average molecular weight is 607 g/mol. The number of hydrogen-bond donors (Lipinski definition) is 1. The highest BCUT2D eigenvalue weighted by atomic mass is 79.9. The quantitative estimate of drug-likeness (QED) is 0.346. The predicted octanol–water partition coefficient (Wildman–Crippen LogP) is 5.16. The smallest absolute Gasteiger partial charge is 0.264 e. The van der Waals surface area contributed by atoms with E-state index in [-0.39, 0.29) is 28.1 Å². The lowest BCUT2D eigenvalue weighted by atomic mass is 10.1. The van der Waals surface area contributed by atoms with Crippen LogP contribution in [-0.2, 0) is 26.2 Å². The lowest BCUT2D eigenvalue weighted by molar-refractivity contribution is -0.139. The maximum Gasteiger partial charge on any atom is 0.264 e. The van der Waals surface area contributed by atoms with Crippen molar-refractivity contribution >= 4 is 55.1 Å². The Labute approximate surface area is 231 Å². The number of carbonyl (C=O) groups excluding carboxylic acids is 2. The number of rotatable bonds is 10. The number of nitrogens with one attached hydrogen (secondary N) is 1. The van der Waals surface area contributed by atoms with Crippen molar-refractivity contribution in [2.75, 3.05) is 17.4 Å². The topological polar surface area (TPSA) is 86.8 Å². The molecule has 0 heterocycles. The first-order chi connectivity index (χ1) is 17.5. The molecular formula is C27H29BrClN3O4S. The number of aryl methyl sites for hydroxylation is 1. The van der Waals surface area contributed by atoms with E-state index in [9.17, 15) is 18.0 Å². The highest BCUT2D eigenvalue weighted by Crippen LogP contribution is 2.31. The Bertz CT molecular complexity index is 1350. The highest BCUT2D eigenvalue weighted by molar-refractivity contribution is 9.10. The molecule has 0 aliphatic heterocycles. The Morgan fingerprint density at radius 2 is 1.62 bits per heavy atom. The maximum absolute atomic E-state index is 13.8. The molecule has 0 spiro atoms. The number of carbonyl (C=O) groups is 2. The van der Waals surface area contributed by atoms with Gasteiger partial charge in [-0.15, -0.1) is 0 Å². The zero-order valence-corrected chi connectivity index (χ0v) is 24.0. The van der Waals surface area contributed by atoms with Crippen LogP contribution in [0.15, 0.2) is 82.2 Å². The normalized spacial score (nSPS) is 12.0. The molecule has 10 heteroatoms. The van der Waals surface area contributed by atoms with Crippen molar-refractivity contribution in [1.29, 1.82) is 0 Å². The van der Waals surface area contributed by atoms with Gasteiger partial charge in [0.1, 0.15) is 12.6 Å². The highest BCUT2D eigenvalue weighted by Gasteiger charge is 2.33. The van der Waals surface area contributed by atoms with E-state index < -0.39 is 28.5 Å². The molecular weight excluding hydrogens is 578 g/mol. The minimum absolute atomic E-state index is 0.0297. The van der Waals surface area contributed by atoms with Crippen LogP contribution < -0.4 is 9.62 Å². The van der Waals surface area contributed by atoms with E-state index in [1.54, 1.807) is 50.2 Å². The lowest BCUT2D eigenvalue weighted by Gasteiger charge is -2.32. The van der Waals surface area contributed by atoms with E-state index in [0.29, 0.717) is 6.54 Å². The van der Waals surface area contributed by atoms with Gasteiger partial charge in [-0.3, -0.25) is 13.9 Å². The number of hydrogen-bond acceptors (Lipinski definition) is 4. The van der Waals surface area contributed by atoms with Crippen molar-refractivity contribution in [1.82, 2.24) is 10.2 Å². The predicted molar refractivity (Wildman–Crippen MR) is 150 cm³/mol. The fraction of sp³-hybridized carbons (Fsp3) is 0.259. The van der Waals surface area contributed by atoms with Crippen molar-refractivity contribution in [3.05, 3.63) is 93.4 Å². The molecule has 0 bridgehead atoms. The molecule has 3 rings (SSSR count). The third-order valence-electron chi connectivity index (χ3n) is 5.79. The molecule has 1 N–H and O–H groups in total.